The van der Waals surface area contributed by atoms with E-state index in [0.717, 1.165) is 11.1 Å². The van der Waals surface area contributed by atoms with Gasteiger partial charge < -0.3 is 20.5 Å². The van der Waals surface area contributed by atoms with E-state index in [0.29, 0.717) is 13.0 Å². The number of benzene rings is 2. The molecule has 2 atom stereocenters. The molecule has 7 heteroatoms. The lowest BCUT2D eigenvalue weighted by Crippen LogP contribution is -2.40. The largest absolute Gasteiger partial charge is 0.481 e. The van der Waals surface area contributed by atoms with Crippen molar-refractivity contribution in [2.24, 2.45) is 17.3 Å². The first-order valence-corrected chi connectivity index (χ1v) is 10.9. The summed E-state index contributed by atoms with van der Waals surface area (Å²) < 4.78 is 5.52. The van der Waals surface area contributed by atoms with Crippen molar-refractivity contribution in [3.63, 3.8) is 0 Å². The Labute approximate surface area is 187 Å². The Morgan fingerprint density at radius 1 is 1.00 bits per heavy atom. The van der Waals surface area contributed by atoms with Gasteiger partial charge in [0.15, 0.2) is 0 Å². The molecule has 2 unspecified atom stereocenters. The lowest BCUT2D eigenvalue weighted by Gasteiger charge is -2.19. The predicted molar refractivity (Wildman–Crippen MR) is 119 cm³/mol. The highest BCUT2D eigenvalue weighted by atomic mass is 16.5. The molecule has 1 fully saturated rings. The van der Waals surface area contributed by atoms with E-state index in [4.69, 9.17) is 9.84 Å². The number of rotatable bonds is 8. The van der Waals surface area contributed by atoms with Gasteiger partial charge in [-0.15, -0.1) is 0 Å². The molecule has 0 saturated heterocycles. The Bertz CT molecular complexity index is 1000. The molecule has 32 heavy (non-hydrogen) atoms. The van der Waals surface area contributed by atoms with Crippen LogP contribution in [0.1, 0.15) is 37.3 Å². The highest BCUT2D eigenvalue weighted by Gasteiger charge is 2.43. The number of aliphatic carboxylic acids is 1. The number of carbonyl (C=O) groups is 3. The third kappa shape index (κ3) is 4.47. The second kappa shape index (κ2) is 8.65. The van der Waals surface area contributed by atoms with Crippen molar-refractivity contribution in [3.8, 4) is 11.1 Å². The average Bonchev–Trinajstić information content (AvgIpc) is 3.50. The molecule has 4 rings (SSSR count). The van der Waals surface area contributed by atoms with E-state index < -0.39 is 17.5 Å². The molecule has 2 aliphatic carbocycles. The van der Waals surface area contributed by atoms with Crippen molar-refractivity contribution in [2.75, 3.05) is 19.7 Å². The van der Waals surface area contributed by atoms with Crippen LogP contribution in [0.4, 0.5) is 4.79 Å². The van der Waals surface area contributed by atoms with Gasteiger partial charge in [0.1, 0.15) is 6.61 Å². The zero-order chi connectivity index (χ0) is 22.9. The Hall–Kier alpha value is -3.35. The van der Waals surface area contributed by atoms with Crippen LogP contribution in [0.2, 0.25) is 0 Å². The van der Waals surface area contributed by atoms with Crippen LogP contribution < -0.4 is 10.6 Å². The lowest BCUT2D eigenvalue weighted by atomic mass is 9.94. The maximum Gasteiger partial charge on any atom is 0.407 e. The number of carboxylic acid groups (broad SMARTS) is 1. The first-order chi connectivity index (χ1) is 15.3. The Kier molecular flexibility index (Phi) is 5.91. The van der Waals surface area contributed by atoms with Crippen LogP contribution in [-0.4, -0.2) is 42.8 Å². The summed E-state index contributed by atoms with van der Waals surface area (Å²) in [5, 5.41) is 14.6. The second-order valence-electron chi connectivity index (χ2n) is 9.22. The first kappa shape index (κ1) is 21.9. The lowest BCUT2D eigenvalue weighted by molar-refractivity contribution is -0.146. The van der Waals surface area contributed by atoms with Gasteiger partial charge in [0.25, 0.3) is 0 Å². The molecule has 2 amide bonds. The van der Waals surface area contributed by atoms with Gasteiger partial charge in [0, 0.05) is 24.9 Å². The molecule has 168 valence electrons. The van der Waals surface area contributed by atoms with Gasteiger partial charge in [-0.1, -0.05) is 48.5 Å². The van der Waals surface area contributed by atoms with Gasteiger partial charge in [-0.25, -0.2) is 4.79 Å². The fourth-order valence-electron chi connectivity index (χ4n) is 4.17. The summed E-state index contributed by atoms with van der Waals surface area (Å²) in [6.45, 7) is 3.82. The summed E-state index contributed by atoms with van der Waals surface area (Å²) in [7, 11) is 0. The summed E-state index contributed by atoms with van der Waals surface area (Å²) in [5.41, 5.74) is 3.65. The fourth-order valence-corrected chi connectivity index (χ4v) is 4.17. The van der Waals surface area contributed by atoms with Gasteiger partial charge in [-0.3, -0.25) is 9.59 Å². The summed E-state index contributed by atoms with van der Waals surface area (Å²) >= 11 is 0. The Balaban J connectivity index is 1.23. The third-order valence-corrected chi connectivity index (χ3v) is 6.40. The topological polar surface area (TPSA) is 105 Å². The van der Waals surface area contributed by atoms with Crippen molar-refractivity contribution in [2.45, 2.75) is 26.2 Å². The molecule has 2 aromatic carbocycles. The van der Waals surface area contributed by atoms with E-state index in [1.54, 1.807) is 13.8 Å². The quantitative estimate of drug-likeness (QED) is 0.588. The smallest absolute Gasteiger partial charge is 0.407 e. The number of carbonyl (C=O) groups excluding carboxylic acids is 2. The fraction of sp³-hybridized carbons (Fsp3) is 0.400. The van der Waals surface area contributed by atoms with Crippen LogP contribution >= 0.6 is 0 Å². The van der Waals surface area contributed by atoms with E-state index in [9.17, 15) is 14.4 Å². The van der Waals surface area contributed by atoms with Crippen molar-refractivity contribution >= 4 is 18.0 Å². The van der Waals surface area contributed by atoms with Gasteiger partial charge in [0.05, 0.1) is 5.41 Å². The summed E-state index contributed by atoms with van der Waals surface area (Å²) in [6.07, 6.45) is 0.174. The zero-order valence-corrected chi connectivity index (χ0v) is 18.3. The van der Waals surface area contributed by atoms with E-state index in [2.05, 4.69) is 34.9 Å². The van der Waals surface area contributed by atoms with E-state index in [-0.39, 0.29) is 36.8 Å². The van der Waals surface area contributed by atoms with Crippen LogP contribution in [0.15, 0.2) is 48.5 Å². The molecule has 7 nitrogen and oxygen atoms in total. The van der Waals surface area contributed by atoms with Gasteiger partial charge >= 0.3 is 12.1 Å². The van der Waals surface area contributed by atoms with Crippen molar-refractivity contribution in [3.05, 3.63) is 59.7 Å². The Morgan fingerprint density at radius 2 is 1.59 bits per heavy atom. The van der Waals surface area contributed by atoms with E-state index in [1.165, 1.54) is 11.1 Å². The molecule has 0 aliphatic heterocycles. The minimum Gasteiger partial charge on any atom is -0.481 e. The third-order valence-electron chi connectivity index (χ3n) is 6.40. The van der Waals surface area contributed by atoms with Gasteiger partial charge in [0.2, 0.25) is 5.91 Å². The molecule has 3 N–H and O–H groups in total. The van der Waals surface area contributed by atoms with Crippen molar-refractivity contribution in [1.29, 1.82) is 0 Å². The normalized spacial score (nSPS) is 18.9. The second-order valence-corrected chi connectivity index (χ2v) is 9.22. The van der Waals surface area contributed by atoms with Crippen molar-refractivity contribution < 1.29 is 24.2 Å². The van der Waals surface area contributed by atoms with Crippen LogP contribution in [0.25, 0.3) is 11.1 Å². The zero-order valence-electron chi connectivity index (χ0n) is 18.3. The Morgan fingerprint density at radius 3 is 2.19 bits per heavy atom. The summed E-state index contributed by atoms with van der Waals surface area (Å²) in [4.78, 5) is 35.6. The van der Waals surface area contributed by atoms with Crippen LogP contribution in [0.5, 0.6) is 0 Å². The molecule has 2 aromatic rings. The highest BCUT2D eigenvalue weighted by Crippen LogP contribution is 2.44. The standard InChI is InChI=1S/C25H28N2O5/c1-25(2,23(29)30)14-27-22(28)20-11-15(20)12-26-24(31)32-13-21-18-9-5-3-7-16(18)17-8-4-6-10-19(17)21/h3-10,15,20-21H,11-14H2,1-2H3,(H,26,31)(H,27,28)(H,29,30). The number of fused-ring (bicyclic) bond motifs is 3. The van der Waals surface area contributed by atoms with Crippen LogP contribution in [0, 0.1) is 17.3 Å². The number of carboxylic acids is 1. The molecule has 0 heterocycles. The molecule has 0 radical (unpaired) electrons. The maximum absolute atomic E-state index is 12.3. The summed E-state index contributed by atoms with van der Waals surface area (Å²) in [6, 6.07) is 16.3. The molecule has 2 aliphatic rings. The average molecular weight is 437 g/mol. The van der Waals surface area contributed by atoms with Crippen molar-refractivity contribution in [1.82, 2.24) is 10.6 Å². The SMILES string of the molecule is CC(C)(CNC(=O)C1CC1CNC(=O)OCC1c2ccccc2-c2ccccc21)C(=O)O. The number of alkyl carbamates (subject to hydrolysis) is 1. The number of ether oxygens (including phenoxy) is 1. The maximum atomic E-state index is 12.3. The number of hydrogen-bond donors (Lipinski definition) is 3. The first-order valence-electron chi connectivity index (χ1n) is 10.9. The van der Waals surface area contributed by atoms with Gasteiger partial charge in [-0.05, 0) is 48.4 Å². The predicted octanol–water partition coefficient (Wildman–Crippen LogP) is 3.39. The monoisotopic (exact) mass is 436 g/mol. The molecule has 0 bridgehead atoms. The highest BCUT2D eigenvalue weighted by molar-refractivity contribution is 5.83. The summed E-state index contributed by atoms with van der Waals surface area (Å²) in [5.74, 6) is -1.28. The van der Waals surface area contributed by atoms with E-state index in [1.807, 2.05) is 24.3 Å². The van der Waals surface area contributed by atoms with Crippen LogP contribution in [-0.2, 0) is 14.3 Å². The minimum absolute atomic E-state index is 0.00481. The molecule has 0 aromatic heterocycles. The number of hydrogen-bond acceptors (Lipinski definition) is 4. The molecular weight excluding hydrogens is 408 g/mol. The molecular formula is C25H28N2O5. The van der Waals surface area contributed by atoms with E-state index >= 15 is 0 Å². The number of amides is 2. The number of nitrogens with one attached hydrogen (secondary N) is 2. The molecule has 0 spiro atoms. The minimum atomic E-state index is -1.01. The molecule has 1 saturated carbocycles. The van der Waals surface area contributed by atoms with Crippen LogP contribution in [0.3, 0.4) is 0 Å². The van der Waals surface area contributed by atoms with Gasteiger partial charge in [-0.2, -0.15) is 0 Å².